The van der Waals surface area contributed by atoms with E-state index in [2.05, 4.69) is 11.8 Å². The summed E-state index contributed by atoms with van der Waals surface area (Å²) in [5.41, 5.74) is 2.07. The van der Waals surface area contributed by atoms with Crippen molar-refractivity contribution in [3.63, 3.8) is 0 Å². The zero-order valence-electron chi connectivity index (χ0n) is 17.0. The molecule has 1 fully saturated rings. The molecule has 0 saturated carbocycles. The highest BCUT2D eigenvalue weighted by atomic mass is 16.5. The van der Waals surface area contributed by atoms with E-state index in [4.69, 9.17) is 9.47 Å². The lowest BCUT2D eigenvalue weighted by Gasteiger charge is -2.33. The number of phenolic OH excluding ortho intramolecular Hbond substituents is 1. The molecular weight excluding hydrogens is 366 g/mol. The Hall–Kier alpha value is -2.79. The van der Waals surface area contributed by atoms with Crippen molar-refractivity contribution in [2.24, 2.45) is 0 Å². The number of hydrogen-bond acceptors (Lipinski definition) is 5. The van der Waals surface area contributed by atoms with Gasteiger partial charge in [0.15, 0.2) is 5.76 Å². The van der Waals surface area contributed by atoms with Crippen LogP contribution in [0.1, 0.15) is 54.6 Å². The summed E-state index contributed by atoms with van der Waals surface area (Å²) in [5, 5.41) is 10.5. The smallest absolute Gasteiger partial charge is 0.231 e. The van der Waals surface area contributed by atoms with Crippen LogP contribution in [0.15, 0.2) is 42.2 Å². The molecule has 2 heterocycles. The van der Waals surface area contributed by atoms with Crippen molar-refractivity contribution in [2.75, 3.05) is 13.2 Å². The highest BCUT2D eigenvalue weighted by Crippen LogP contribution is 2.40. The molecule has 152 valence electrons. The third-order valence-corrected chi connectivity index (χ3v) is 5.71. The quantitative estimate of drug-likeness (QED) is 0.741. The SMILES string of the molecule is CCOc1ccc(/C=C2\Oc3c(ccc(O)c3CN3CCCCC3C)C2=O)cc1. The van der Waals surface area contributed by atoms with Crippen LogP contribution in [0.4, 0.5) is 0 Å². The molecule has 2 aromatic rings. The monoisotopic (exact) mass is 393 g/mol. The second-order valence-corrected chi connectivity index (χ2v) is 7.70. The molecule has 1 saturated heterocycles. The lowest BCUT2D eigenvalue weighted by Crippen LogP contribution is -2.36. The number of carbonyl (C=O) groups excluding carboxylic acids is 1. The Bertz CT molecular complexity index is 933. The van der Waals surface area contributed by atoms with Crippen molar-refractivity contribution in [2.45, 2.75) is 45.7 Å². The molecule has 5 nitrogen and oxygen atoms in total. The van der Waals surface area contributed by atoms with Gasteiger partial charge in [-0.25, -0.2) is 0 Å². The Labute approximate surface area is 171 Å². The summed E-state index contributed by atoms with van der Waals surface area (Å²) in [6.07, 6.45) is 5.28. The molecule has 2 aromatic carbocycles. The summed E-state index contributed by atoms with van der Waals surface area (Å²) in [5.74, 6) is 1.59. The number of nitrogens with zero attached hydrogens (tertiary/aromatic N) is 1. The summed E-state index contributed by atoms with van der Waals surface area (Å²) < 4.78 is 11.4. The highest BCUT2D eigenvalue weighted by molar-refractivity contribution is 6.15. The average Bonchev–Trinajstić information content (AvgIpc) is 3.03. The first-order valence-electron chi connectivity index (χ1n) is 10.3. The van der Waals surface area contributed by atoms with Crippen molar-refractivity contribution in [1.29, 1.82) is 0 Å². The van der Waals surface area contributed by atoms with Crippen molar-refractivity contribution >= 4 is 11.9 Å². The highest BCUT2D eigenvalue weighted by Gasteiger charge is 2.32. The van der Waals surface area contributed by atoms with Crippen LogP contribution >= 0.6 is 0 Å². The van der Waals surface area contributed by atoms with Crippen LogP contribution in [0.3, 0.4) is 0 Å². The fraction of sp³-hybridized carbons (Fsp3) is 0.375. The van der Waals surface area contributed by atoms with Gasteiger partial charge in [-0.3, -0.25) is 9.69 Å². The topological polar surface area (TPSA) is 59.0 Å². The number of aromatic hydroxyl groups is 1. The van der Waals surface area contributed by atoms with Gasteiger partial charge in [0.1, 0.15) is 17.2 Å². The first kappa shape index (κ1) is 19.5. The van der Waals surface area contributed by atoms with Gasteiger partial charge >= 0.3 is 0 Å². The maximum Gasteiger partial charge on any atom is 0.231 e. The second-order valence-electron chi connectivity index (χ2n) is 7.70. The van der Waals surface area contributed by atoms with E-state index >= 15 is 0 Å². The normalized spacial score (nSPS) is 20.6. The maximum atomic E-state index is 12.9. The number of ketones is 1. The zero-order valence-corrected chi connectivity index (χ0v) is 17.0. The van der Waals surface area contributed by atoms with Gasteiger partial charge in [-0.2, -0.15) is 0 Å². The molecular formula is C24H27NO4. The van der Waals surface area contributed by atoms with E-state index in [1.54, 1.807) is 18.2 Å². The Morgan fingerprint density at radius 2 is 2.00 bits per heavy atom. The van der Waals surface area contributed by atoms with E-state index in [1.165, 1.54) is 6.42 Å². The number of carbonyl (C=O) groups is 1. The Kier molecular flexibility index (Phi) is 5.58. The number of hydrogen-bond donors (Lipinski definition) is 1. The molecule has 2 aliphatic heterocycles. The number of rotatable bonds is 5. The van der Waals surface area contributed by atoms with Crippen LogP contribution in [-0.4, -0.2) is 35.0 Å². The molecule has 0 spiro atoms. The van der Waals surface area contributed by atoms with Crippen molar-refractivity contribution in [3.8, 4) is 17.2 Å². The Balaban J connectivity index is 1.60. The number of piperidine rings is 1. The number of fused-ring (bicyclic) bond motifs is 1. The van der Waals surface area contributed by atoms with Crippen molar-refractivity contribution < 1.29 is 19.4 Å². The number of benzene rings is 2. The summed E-state index contributed by atoms with van der Waals surface area (Å²) in [4.78, 5) is 15.2. The average molecular weight is 393 g/mol. The molecule has 0 aliphatic carbocycles. The van der Waals surface area contributed by atoms with Gasteiger partial charge in [-0.15, -0.1) is 0 Å². The minimum Gasteiger partial charge on any atom is -0.507 e. The molecule has 0 radical (unpaired) electrons. The Morgan fingerprint density at radius 3 is 2.72 bits per heavy atom. The van der Waals surface area contributed by atoms with Crippen LogP contribution in [0.25, 0.3) is 6.08 Å². The van der Waals surface area contributed by atoms with Gasteiger partial charge in [0.2, 0.25) is 5.78 Å². The zero-order chi connectivity index (χ0) is 20.4. The molecule has 0 aromatic heterocycles. The summed E-state index contributed by atoms with van der Waals surface area (Å²) in [6, 6.07) is 11.2. The predicted octanol–water partition coefficient (Wildman–Crippen LogP) is 4.78. The number of ether oxygens (including phenoxy) is 2. The second kappa shape index (κ2) is 8.29. The summed E-state index contributed by atoms with van der Waals surface area (Å²) in [6.45, 7) is 6.34. The van der Waals surface area contributed by atoms with Crippen LogP contribution in [0.2, 0.25) is 0 Å². The van der Waals surface area contributed by atoms with E-state index in [-0.39, 0.29) is 17.3 Å². The van der Waals surface area contributed by atoms with Gasteiger partial charge in [0.25, 0.3) is 0 Å². The van der Waals surface area contributed by atoms with E-state index in [0.717, 1.165) is 30.7 Å². The lowest BCUT2D eigenvalue weighted by atomic mass is 10.0. The molecule has 0 bridgehead atoms. The third kappa shape index (κ3) is 4.01. The largest absolute Gasteiger partial charge is 0.507 e. The maximum absolute atomic E-state index is 12.9. The van der Waals surface area contributed by atoms with Crippen molar-refractivity contribution in [3.05, 3.63) is 58.8 Å². The number of Topliss-reactive ketones (excluding diaryl/α,β-unsaturated/α-hetero) is 1. The molecule has 2 aliphatic rings. The molecule has 5 heteroatoms. The van der Waals surface area contributed by atoms with Gasteiger partial charge in [-0.1, -0.05) is 18.6 Å². The first-order valence-corrected chi connectivity index (χ1v) is 10.3. The van der Waals surface area contributed by atoms with Crippen LogP contribution in [0.5, 0.6) is 17.2 Å². The molecule has 29 heavy (non-hydrogen) atoms. The van der Waals surface area contributed by atoms with Crippen molar-refractivity contribution in [1.82, 2.24) is 4.90 Å². The van der Waals surface area contributed by atoms with Crippen LogP contribution < -0.4 is 9.47 Å². The van der Waals surface area contributed by atoms with Crippen LogP contribution in [-0.2, 0) is 6.54 Å². The fourth-order valence-electron chi connectivity index (χ4n) is 4.02. The number of likely N-dealkylation sites (tertiary alicyclic amines) is 1. The number of phenols is 1. The van der Waals surface area contributed by atoms with E-state index in [0.29, 0.717) is 36.1 Å². The first-order chi connectivity index (χ1) is 14.1. The minimum atomic E-state index is -0.151. The summed E-state index contributed by atoms with van der Waals surface area (Å²) in [7, 11) is 0. The van der Waals surface area contributed by atoms with Gasteiger partial charge in [0, 0.05) is 12.6 Å². The Morgan fingerprint density at radius 1 is 1.21 bits per heavy atom. The van der Waals surface area contributed by atoms with Crippen LogP contribution in [0, 0.1) is 0 Å². The number of allylic oxidation sites excluding steroid dienone is 1. The van der Waals surface area contributed by atoms with Gasteiger partial charge < -0.3 is 14.6 Å². The van der Waals surface area contributed by atoms with E-state index < -0.39 is 0 Å². The fourth-order valence-corrected chi connectivity index (χ4v) is 4.02. The van der Waals surface area contributed by atoms with E-state index in [1.807, 2.05) is 31.2 Å². The molecule has 0 amide bonds. The van der Waals surface area contributed by atoms with Gasteiger partial charge in [0.05, 0.1) is 17.7 Å². The summed E-state index contributed by atoms with van der Waals surface area (Å²) >= 11 is 0. The minimum absolute atomic E-state index is 0.151. The lowest BCUT2D eigenvalue weighted by molar-refractivity contribution is 0.101. The predicted molar refractivity (Wildman–Crippen MR) is 112 cm³/mol. The molecule has 1 atom stereocenters. The molecule has 1 unspecified atom stereocenters. The standard InChI is InChI=1S/C24H27NO4/c1-3-28-18-9-7-17(8-10-18)14-22-23(27)19-11-12-21(26)20(24(19)29-22)15-25-13-5-4-6-16(25)2/h7-12,14,16,26H,3-6,13,15H2,1-2H3/b22-14-. The van der Waals surface area contributed by atoms with Gasteiger partial charge in [-0.05, 0) is 69.1 Å². The van der Waals surface area contributed by atoms with E-state index in [9.17, 15) is 9.90 Å². The molecule has 4 rings (SSSR count). The third-order valence-electron chi connectivity index (χ3n) is 5.71. The molecule has 1 N–H and O–H groups in total.